The lowest BCUT2D eigenvalue weighted by molar-refractivity contribution is 0.601. The lowest BCUT2D eigenvalue weighted by atomic mass is 10.0. The van der Waals surface area contributed by atoms with Crippen LogP contribution in [0, 0.1) is 5.82 Å². The van der Waals surface area contributed by atoms with Crippen LogP contribution in [0.3, 0.4) is 0 Å². The van der Waals surface area contributed by atoms with E-state index in [0.717, 1.165) is 11.6 Å². The van der Waals surface area contributed by atoms with Crippen molar-refractivity contribution in [3.63, 3.8) is 0 Å². The standard InChI is InChI=1S/C18H17FN2O2S/c1-12(2)13-5-7-14(8-6-13)21-24(22,23)17-10-9-16(19)18-15(17)4-3-11-20-18/h3-12,21H,1-2H3. The van der Waals surface area contributed by atoms with Crippen molar-refractivity contribution in [1.82, 2.24) is 4.98 Å². The Bertz CT molecular complexity index is 984. The summed E-state index contributed by atoms with van der Waals surface area (Å²) in [6, 6.07) is 12.7. The molecular formula is C18H17FN2O2S. The van der Waals surface area contributed by atoms with Crippen molar-refractivity contribution in [3.05, 3.63) is 66.1 Å². The minimum absolute atomic E-state index is 0.0000592. The molecule has 2 aromatic carbocycles. The summed E-state index contributed by atoms with van der Waals surface area (Å²) in [5.41, 5.74) is 1.62. The average molecular weight is 344 g/mol. The predicted octanol–water partition coefficient (Wildman–Crippen LogP) is 4.30. The fourth-order valence-corrected chi connectivity index (χ4v) is 3.75. The summed E-state index contributed by atoms with van der Waals surface area (Å²) < 4.78 is 41.7. The SMILES string of the molecule is CC(C)c1ccc(NS(=O)(=O)c2ccc(F)c3ncccc23)cc1. The molecule has 0 bridgehead atoms. The first kappa shape index (κ1) is 16.4. The van der Waals surface area contributed by atoms with Gasteiger partial charge in [-0.2, -0.15) is 0 Å². The third-order valence-electron chi connectivity index (χ3n) is 3.80. The molecular weight excluding hydrogens is 327 g/mol. The molecule has 0 aliphatic carbocycles. The molecule has 0 amide bonds. The molecule has 1 aromatic heterocycles. The van der Waals surface area contributed by atoms with Gasteiger partial charge in [-0.3, -0.25) is 9.71 Å². The summed E-state index contributed by atoms with van der Waals surface area (Å²) in [5, 5.41) is 0.254. The van der Waals surface area contributed by atoms with Gasteiger partial charge < -0.3 is 0 Å². The Morgan fingerprint density at radius 1 is 1.04 bits per heavy atom. The first-order valence-corrected chi connectivity index (χ1v) is 9.03. The van der Waals surface area contributed by atoms with Crippen molar-refractivity contribution < 1.29 is 12.8 Å². The van der Waals surface area contributed by atoms with Gasteiger partial charge in [0.15, 0.2) is 0 Å². The minimum Gasteiger partial charge on any atom is -0.280 e. The van der Waals surface area contributed by atoms with Gasteiger partial charge >= 0.3 is 0 Å². The number of nitrogens with zero attached hydrogens (tertiary/aromatic N) is 1. The van der Waals surface area contributed by atoms with E-state index in [2.05, 4.69) is 23.6 Å². The second-order valence-corrected chi connectivity index (χ2v) is 7.48. The normalized spacial score (nSPS) is 11.8. The third kappa shape index (κ3) is 3.10. The molecule has 0 saturated heterocycles. The molecule has 0 aliphatic heterocycles. The molecule has 0 radical (unpaired) electrons. The number of halogens is 1. The fourth-order valence-electron chi connectivity index (χ4n) is 2.49. The largest absolute Gasteiger partial charge is 0.280 e. The minimum atomic E-state index is -3.85. The lowest BCUT2D eigenvalue weighted by Gasteiger charge is -2.12. The van der Waals surface area contributed by atoms with Gasteiger partial charge in [0, 0.05) is 17.3 Å². The van der Waals surface area contributed by atoms with Crippen LogP contribution in [0.5, 0.6) is 0 Å². The maximum Gasteiger partial charge on any atom is 0.262 e. The number of hydrogen-bond donors (Lipinski definition) is 1. The van der Waals surface area contributed by atoms with E-state index in [1.807, 2.05) is 12.1 Å². The number of sulfonamides is 1. The van der Waals surface area contributed by atoms with Crippen molar-refractivity contribution in [3.8, 4) is 0 Å². The zero-order chi connectivity index (χ0) is 17.3. The number of fused-ring (bicyclic) bond motifs is 1. The highest BCUT2D eigenvalue weighted by Crippen LogP contribution is 2.26. The summed E-state index contributed by atoms with van der Waals surface area (Å²) in [6.45, 7) is 4.13. The van der Waals surface area contributed by atoms with Crippen LogP contribution in [0.25, 0.3) is 10.9 Å². The van der Waals surface area contributed by atoms with E-state index >= 15 is 0 Å². The van der Waals surface area contributed by atoms with Gasteiger partial charge in [0.1, 0.15) is 11.3 Å². The molecule has 6 heteroatoms. The third-order valence-corrected chi connectivity index (χ3v) is 5.24. The molecule has 0 saturated carbocycles. The van der Waals surface area contributed by atoms with Gasteiger partial charge in [-0.1, -0.05) is 26.0 Å². The van der Waals surface area contributed by atoms with Gasteiger partial charge in [0.05, 0.1) is 4.90 Å². The van der Waals surface area contributed by atoms with E-state index < -0.39 is 15.8 Å². The van der Waals surface area contributed by atoms with Crippen LogP contribution in [0.1, 0.15) is 25.3 Å². The van der Waals surface area contributed by atoms with Crippen LogP contribution in [0.2, 0.25) is 0 Å². The van der Waals surface area contributed by atoms with E-state index in [1.54, 1.807) is 24.3 Å². The highest BCUT2D eigenvalue weighted by molar-refractivity contribution is 7.93. The topological polar surface area (TPSA) is 59.1 Å². The number of aromatic nitrogens is 1. The van der Waals surface area contributed by atoms with Crippen molar-refractivity contribution >= 4 is 26.6 Å². The van der Waals surface area contributed by atoms with E-state index in [4.69, 9.17) is 0 Å². The molecule has 1 N–H and O–H groups in total. The molecule has 124 valence electrons. The number of rotatable bonds is 4. The maximum atomic E-state index is 13.8. The molecule has 0 aliphatic rings. The second-order valence-electron chi connectivity index (χ2n) is 5.83. The molecule has 3 aromatic rings. The Hall–Kier alpha value is -2.47. The number of anilines is 1. The smallest absolute Gasteiger partial charge is 0.262 e. The number of pyridine rings is 1. The fraction of sp³-hybridized carbons (Fsp3) is 0.167. The van der Waals surface area contributed by atoms with E-state index in [0.29, 0.717) is 11.6 Å². The van der Waals surface area contributed by atoms with Crippen LogP contribution >= 0.6 is 0 Å². The van der Waals surface area contributed by atoms with Gasteiger partial charge in [-0.25, -0.2) is 12.8 Å². The maximum absolute atomic E-state index is 13.8. The summed E-state index contributed by atoms with van der Waals surface area (Å²) in [7, 11) is -3.85. The Kier molecular flexibility index (Phi) is 4.24. The first-order valence-electron chi connectivity index (χ1n) is 7.54. The average Bonchev–Trinajstić information content (AvgIpc) is 2.55. The van der Waals surface area contributed by atoms with E-state index in [1.165, 1.54) is 12.3 Å². The van der Waals surface area contributed by atoms with Crippen molar-refractivity contribution in [2.45, 2.75) is 24.7 Å². The number of benzene rings is 2. The zero-order valence-corrected chi connectivity index (χ0v) is 14.1. The molecule has 4 nitrogen and oxygen atoms in total. The molecule has 1 heterocycles. The number of nitrogens with one attached hydrogen (secondary N) is 1. The summed E-state index contributed by atoms with van der Waals surface area (Å²) in [4.78, 5) is 3.93. The Morgan fingerprint density at radius 3 is 2.42 bits per heavy atom. The van der Waals surface area contributed by atoms with Gasteiger partial charge in [-0.05, 0) is 47.9 Å². The monoisotopic (exact) mass is 344 g/mol. The summed E-state index contributed by atoms with van der Waals surface area (Å²) in [6.07, 6.45) is 1.43. The van der Waals surface area contributed by atoms with E-state index in [9.17, 15) is 12.8 Å². The Labute approximate surface area is 140 Å². The van der Waals surface area contributed by atoms with Crippen LogP contribution in [0.15, 0.2) is 59.6 Å². The van der Waals surface area contributed by atoms with Crippen LogP contribution in [0.4, 0.5) is 10.1 Å². The predicted molar refractivity (Wildman–Crippen MR) is 93.0 cm³/mol. The molecule has 24 heavy (non-hydrogen) atoms. The number of hydrogen-bond acceptors (Lipinski definition) is 3. The van der Waals surface area contributed by atoms with E-state index in [-0.39, 0.29) is 15.8 Å². The Balaban J connectivity index is 2.01. The van der Waals surface area contributed by atoms with Gasteiger partial charge in [0.25, 0.3) is 10.0 Å². The molecule has 3 rings (SSSR count). The first-order chi connectivity index (χ1) is 11.4. The second kappa shape index (κ2) is 6.20. The Morgan fingerprint density at radius 2 is 1.75 bits per heavy atom. The molecule has 0 fully saturated rings. The lowest BCUT2D eigenvalue weighted by Crippen LogP contribution is -2.13. The summed E-state index contributed by atoms with van der Waals surface area (Å²) in [5.74, 6) is -0.186. The van der Waals surface area contributed by atoms with Crippen LogP contribution in [-0.4, -0.2) is 13.4 Å². The quantitative estimate of drug-likeness (QED) is 0.768. The molecule has 0 unspecified atom stereocenters. The highest BCUT2D eigenvalue weighted by atomic mass is 32.2. The molecule has 0 atom stereocenters. The summed E-state index contributed by atoms with van der Waals surface area (Å²) >= 11 is 0. The van der Waals surface area contributed by atoms with Crippen LogP contribution < -0.4 is 4.72 Å². The van der Waals surface area contributed by atoms with Crippen LogP contribution in [-0.2, 0) is 10.0 Å². The van der Waals surface area contributed by atoms with Gasteiger partial charge in [0.2, 0.25) is 0 Å². The highest BCUT2D eigenvalue weighted by Gasteiger charge is 2.19. The van der Waals surface area contributed by atoms with Crippen molar-refractivity contribution in [1.29, 1.82) is 0 Å². The van der Waals surface area contributed by atoms with Crippen molar-refractivity contribution in [2.24, 2.45) is 0 Å². The van der Waals surface area contributed by atoms with Crippen molar-refractivity contribution in [2.75, 3.05) is 4.72 Å². The van der Waals surface area contributed by atoms with Gasteiger partial charge in [-0.15, -0.1) is 0 Å². The molecule has 0 spiro atoms. The zero-order valence-electron chi connectivity index (χ0n) is 13.3.